The van der Waals surface area contributed by atoms with Crippen LogP contribution in [0.2, 0.25) is 0 Å². The van der Waals surface area contributed by atoms with Crippen molar-refractivity contribution in [3.8, 4) is 6.07 Å². The van der Waals surface area contributed by atoms with Gasteiger partial charge in [0.15, 0.2) is 9.84 Å². The predicted molar refractivity (Wildman–Crippen MR) is 42.5 cm³/mol. The average molecular weight is 176 g/mol. The van der Waals surface area contributed by atoms with E-state index in [0.717, 1.165) is 0 Å². The number of nitrogens with two attached hydrogens (primary N) is 1. The first-order chi connectivity index (χ1) is 5.08. The summed E-state index contributed by atoms with van der Waals surface area (Å²) in [5, 5.41) is 7.54. The van der Waals surface area contributed by atoms with Crippen molar-refractivity contribution in [2.75, 3.05) is 12.3 Å². The van der Waals surface area contributed by atoms with E-state index in [1.165, 1.54) is 0 Å². The third kappa shape index (κ3) is 2.87. The molecular formula is C6H12N2O2S. The summed E-state index contributed by atoms with van der Waals surface area (Å²) in [6.45, 7) is 1.75. The second-order valence-corrected chi connectivity index (χ2v) is 4.48. The fourth-order valence-electron chi connectivity index (χ4n) is 0.732. The van der Waals surface area contributed by atoms with Crippen molar-refractivity contribution in [3.63, 3.8) is 0 Å². The molecule has 0 aliphatic carbocycles. The van der Waals surface area contributed by atoms with E-state index in [9.17, 15) is 8.42 Å². The maximum atomic E-state index is 11.1. The number of hydrogen-bond donors (Lipinski definition) is 1. The lowest BCUT2D eigenvalue weighted by Gasteiger charge is -2.05. The van der Waals surface area contributed by atoms with Crippen LogP contribution < -0.4 is 5.73 Å². The molecule has 0 radical (unpaired) electrons. The van der Waals surface area contributed by atoms with Crippen LogP contribution >= 0.6 is 0 Å². The highest BCUT2D eigenvalue weighted by Crippen LogP contribution is 2.04. The molecule has 0 aliphatic heterocycles. The molecule has 0 aromatic carbocycles. The third-order valence-corrected chi connectivity index (χ3v) is 3.46. The Bertz CT molecular complexity index is 240. The van der Waals surface area contributed by atoms with E-state index in [2.05, 4.69) is 0 Å². The van der Waals surface area contributed by atoms with Gasteiger partial charge in [-0.1, -0.05) is 6.92 Å². The average Bonchev–Trinajstić information content (AvgIpc) is 1.89. The lowest BCUT2D eigenvalue weighted by atomic mass is 10.4. The number of sulfone groups is 1. The van der Waals surface area contributed by atoms with Crippen LogP contribution in [0.15, 0.2) is 0 Å². The smallest absolute Gasteiger partial charge is 0.167 e. The molecule has 0 aliphatic rings. The van der Waals surface area contributed by atoms with Gasteiger partial charge in [-0.3, -0.25) is 0 Å². The van der Waals surface area contributed by atoms with Crippen molar-refractivity contribution < 1.29 is 8.42 Å². The fraction of sp³-hybridized carbons (Fsp3) is 0.833. The minimum Gasteiger partial charge on any atom is -0.329 e. The van der Waals surface area contributed by atoms with E-state index in [-0.39, 0.29) is 12.3 Å². The predicted octanol–water partition coefficient (Wildman–Crippen LogP) is -0.338. The maximum Gasteiger partial charge on any atom is 0.167 e. The molecular weight excluding hydrogens is 164 g/mol. The Labute approximate surface area is 66.9 Å². The van der Waals surface area contributed by atoms with Gasteiger partial charge in [-0.2, -0.15) is 5.26 Å². The molecule has 0 saturated carbocycles. The van der Waals surface area contributed by atoms with Gasteiger partial charge in [0.2, 0.25) is 0 Å². The van der Waals surface area contributed by atoms with Gasteiger partial charge in [0.05, 0.1) is 11.8 Å². The lowest BCUT2D eigenvalue weighted by molar-refractivity contribution is 0.587. The van der Waals surface area contributed by atoms with Crippen LogP contribution in [-0.2, 0) is 9.84 Å². The van der Waals surface area contributed by atoms with Gasteiger partial charge in [0, 0.05) is 6.54 Å². The number of nitriles is 1. The summed E-state index contributed by atoms with van der Waals surface area (Å²) in [7, 11) is -3.26. The molecule has 0 spiro atoms. The minimum atomic E-state index is -3.26. The number of rotatable bonds is 4. The van der Waals surface area contributed by atoms with Crippen molar-refractivity contribution in [3.05, 3.63) is 0 Å². The molecule has 0 rings (SSSR count). The Balaban J connectivity index is 4.43. The van der Waals surface area contributed by atoms with Gasteiger partial charge in [-0.05, 0) is 6.42 Å². The Hall–Kier alpha value is -0.600. The van der Waals surface area contributed by atoms with Gasteiger partial charge in [-0.25, -0.2) is 8.42 Å². The van der Waals surface area contributed by atoms with Crippen LogP contribution in [-0.4, -0.2) is 26.0 Å². The first kappa shape index (κ1) is 10.4. The SMILES string of the molecule is CCC(C#N)S(=O)(=O)CCN. The molecule has 2 N–H and O–H groups in total. The Kier molecular flexibility index (Phi) is 4.08. The zero-order valence-electron chi connectivity index (χ0n) is 6.45. The van der Waals surface area contributed by atoms with Gasteiger partial charge < -0.3 is 5.73 Å². The molecule has 0 fully saturated rings. The van der Waals surface area contributed by atoms with E-state index in [1.807, 2.05) is 0 Å². The van der Waals surface area contributed by atoms with Crippen LogP contribution in [0.4, 0.5) is 0 Å². The van der Waals surface area contributed by atoms with E-state index in [0.29, 0.717) is 6.42 Å². The Morgan fingerprint density at radius 1 is 1.64 bits per heavy atom. The molecule has 1 atom stereocenters. The minimum absolute atomic E-state index is 0.0838. The highest BCUT2D eigenvalue weighted by atomic mass is 32.2. The monoisotopic (exact) mass is 176 g/mol. The van der Waals surface area contributed by atoms with Crippen molar-refractivity contribution >= 4 is 9.84 Å². The van der Waals surface area contributed by atoms with Crippen LogP contribution in [0, 0.1) is 11.3 Å². The lowest BCUT2D eigenvalue weighted by Crippen LogP contribution is -2.25. The summed E-state index contributed by atoms with van der Waals surface area (Å²) >= 11 is 0. The largest absolute Gasteiger partial charge is 0.329 e. The second-order valence-electron chi connectivity index (χ2n) is 2.18. The first-order valence-electron chi connectivity index (χ1n) is 3.39. The Morgan fingerprint density at radius 2 is 2.18 bits per heavy atom. The number of nitrogens with zero attached hydrogens (tertiary/aromatic N) is 1. The molecule has 0 bridgehead atoms. The van der Waals surface area contributed by atoms with Crippen molar-refractivity contribution in [1.82, 2.24) is 0 Å². The van der Waals surface area contributed by atoms with Crippen LogP contribution in [0.3, 0.4) is 0 Å². The molecule has 5 heteroatoms. The van der Waals surface area contributed by atoms with Gasteiger partial charge in [-0.15, -0.1) is 0 Å². The molecule has 0 heterocycles. The molecule has 1 unspecified atom stereocenters. The Morgan fingerprint density at radius 3 is 2.45 bits per heavy atom. The van der Waals surface area contributed by atoms with Gasteiger partial charge in [0.1, 0.15) is 5.25 Å². The summed E-state index contributed by atoms with van der Waals surface area (Å²) < 4.78 is 22.2. The van der Waals surface area contributed by atoms with E-state index in [4.69, 9.17) is 11.0 Å². The summed E-state index contributed by atoms with van der Waals surface area (Å²) in [6.07, 6.45) is 0.332. The standard InChI is InChI=1S/C6H12N2O2S/c1-2-6(5-8)11(9,10)4-3-7/h6H,2-4,7H2,1H3. The molecule has 4 nitrogen and oxygen atoms in total. The number of hydrogen-bond acceptors (Lipinski definition) is 4. The van der Waals surface area contributed by atoms with Crippen molar-refractivity contribution in [2.24, 2.45) is 5.73 Å². The van der Waals surface area contributed by atoms with Crippen LogP contribution in [0.25, 0.3) is 0 Å². The summed E-state index contributed by atoms with van der Waals surface area (Å²) in [4.78, 5) is 0. The maximum absolute atomic E-state index is 11.1. The fourth-order valence-corrected chi connectivity index (χ4v) is 2.01. The van der Waals surface area contributed by atoms with E-state index in [1.54, 1.807) is 13.0 Å². The summed E-state index contributed by atoms with van der Waals surface area (Å²) in [6, 6.07) is 1.73. The normalized spacial score (nSPS) is 13.9. The molecule has 0 aromatic heterocycles. The molecule has 0 aromatic rings. The summed E-state index contributed by atoms with van der Waals surface area (Å²) in [5.74, 6) is -0.0981. The molecule has 64 valence electrons. The highest BCUT2D eigenvalue weighted by Gasteiger charge is 2.21. The summed E-state index contributed by atoms with van der Waals surface area (Å²) in [5.41, 5.74) is 5.07. The van der Waals surface area contributed by atoms with Crippen LogP contribution in [0.5, 0.6) is 0 Å². The zero-order valence-corrected chi connectivity index (χ0v) is 7.26. The molecule has 11 heavy (non-hydrogen) atoms. The van der Waals surface area contributed by atoms with Gasteiger partial charge in [0.25, 0.3) is 0 Å². The first-order valence-corrected chi connectivity index (χ1v) is 5.11. The molecule has 0 amide bonds. The topological polar surface area (TPSA) is 84.0 Å². The van der Waals surface area contributed by atoms with E-state index < -0.39 is 15.1 Å². The highest BCUT2D eigenvalue weighted by molar-refractivity contribution is 7.92. The van der Waals surface area contributed by atoms with E-state index >= 15 is 0 Å². The van der Waals surface area contributed by atoms with Crippen molar-refractivity contribution in [1.29, 1.82) is 5.26 Å². The molecule has 0 saturated heterocycles. The van der Waals surface area contributed by atoms with Crippen LogP contribution in [0.1, 0.15) is 13.3 Å². The third-order valence-electron chi connectivity index (χ3n) is 1.35. The van der Waals surface area contributed by atoms with Crippen molar-refractivity contribution in [2.45, 2.75) is 18.6 Å². The van der Waals surface area contributed by atoms with Gasteiger partial charge >= 0.3 is 0 Å². The zero-order chi connectivity index (χ0) is 8.91. The second kappa shape index (κ2) is 4.31. The quantitative estimate of drug-likeness (QED) is 0.635.